The van der Waals surface area contributed by atoms with Crippen LogP contribution in [0.5, 0.6) is 0 Å². The highest BCUT2D eigenvalue weighted by atomic mass is 16.5. The van der Waals surface area contributed by atoms with Gasteiger partial charge in [-0.1, -0.05) is 30.3 Å². The Labute approximate surface area is 189 Å². The first-order valence-electron chi connectivity index (χ1n) is 11.6. The summed E-state index contributed by atoms with van der Waals surface area (Å²) in [4.78, 5) is 17.2. The van der Waals surface area contributed by atoms with E-state index >= 15 is 0 Å². The lowest BCUT2D eigenvalue weighted by Gasteiger charge is -2.34. The first kappa shape index (κ1) is 21.0. The van der Waals surface area contributed by atoms with Crippen molar-refractivity contribution < 1.29 is 9.15 Å². The molecule has 3 aromatic rings. The van der Waals surface area contributed by atoms with Gasteiger partial charge >= 0.3 is 0 Å². The molecule has 1 saturated heterocycles. The number of anilines is 2. The number of aromatic nitrogens is 2. The zero-order chi connectivity index (χ0) is 21.8. The maximum Gasteiger partial charge on any atom is 0.227 e. The van der Waals surface area contributed by atoms with Gasteiger partial charge in [0, 0.05) is 51.3 Å². The molecular weight excluding hydrogens is 402 g/mol. The van der Waals surface area contributed by atoms with Crippen molar-refractivity contribution in [2.45, 2.75) is 33.0 Å². The second-order valence-corrected chi connectivity index (χ2v) is 8.41. The van der Waals surface area contributed by atoms with Crippen molar-refractivity contribution in [1.82, 2.24) is 14.9 Å². The Hall–Kier alpha value is -2.90. The Kier molecular flexibility index (Phi) is 6.36. The van der Waals surface area contributed by atoms with Gasteiger partial charge in [-0.3, -0.25) is 4.90 Å². The van der Waals surface area contributed by atoms with Crippen molar-refractivity contribution in [2.24, 2.45) is 0 Å². The highest BCUT2D eigenvalue weighted by Gasteiger charge is 2.27. The van der Waals surface area contributed by atoms with Crippen LogP contribution >= 0.6 is 0 Å². The van der Waals surface area contributed by atoms with E-state index in [0.717, 1.165) is 76.4 Å². The van der Waals surface area contributed by atoms with Gasteiger partial charge in [0.05, 0.1) is 31.7 Å². The van der Waals surface area contributed by atoms with Crippen LogP contribution in [0.25, 0.3) is 0 Å². The van der Waals surface area contributed by atoms with Gasteiger partial charge in [-0.15, -0.1) is 0 Å². The summed E-state index contributed by atoms with van der Waals surface area (Å²) < 4.78 is 11.2. The summed E-state index contributed by atoms with van der Waals surface area (Å²) >= 11 is 0. The van der Waals surface area contributed by atoms with Gasteiger partial charge < -0.3 is 19.0 Å². The number of hydrogen-bond donors (Lipinski definition) is 0. The summed E-state index contributed by atoms with van der Waals surface area (Å²) in [5.41, 5.74) is 3.77. The fraction of sp³-hybridized carbons (Fsp3) is 0.440. The predicted octanol–water partition coefficient (Wildman–Crippen LogP) is 3.49. The number of hydrogen-bond acceptors (Lipinski definition) is 7. The monoisotopic (exact) mass is 433 g/mol. The average Bonchev–Trinajstić information content (AvgIpc) is 3.36. The molecule has 0 radical (unpaired) electrons. The third kappa shape index (κ3) is 4.64. The highest BCUT2D eigenvalue weighted by Crippen LogP contribution is 2.31. The van der Waals surface area contributed by atoms with Crippen molar-refractivity contribution in [3.8, 4) is 0 Å². The van der Waals surface area contributed by atoms with Crippen LogP contribution < -0.4 is 9.80 Å². The van der Waals surface area contributed by atoms with Gasteiger partial charge in [-0.25, -0.2) is 4.98 Å². The molecule has 0 aliphatic carbocycles. The molecule has 2 aromatic heterocycles. The lowest BCUT2D eigenvalue weighted by molar-refractivity contribution is 0.122. The van der Waals surface area contributed by atoms with E-state index in [1.807, 2.05) is 12.1 Å². The smallest absolute Gasteiger partial charge is 0.227 e. The van der Waals surface area contributed by atoms with Crippen LogP contribution in [-0.4, -0.2) is 54.3 Å². The molecule has 7 heteroatoms. The number of ether oxygens (including phenoxy) is 1. The van der Waals surface area contributed by atoms with Gasteiger partial charge in [-0.2, -0.15) is 4.98 Å². The first-order valence-corrected chi connectivity index (χ1v) is 11.6. The summed E-state index contributed by atoms with van der Waals surface area (Å²) in [6, 6.07) is 14.7. The normalized spacial score (nSPS) is 16.7. The molecule has 0 atom stereocenters. The minimum absolute atomic E-state index is 0.703. The Bertz CT molecular complexity index is 1000. The number of nitrogens with zero attached hydrogens (tertiary/aromatic N) is 5. The molecule has 4 heterocycles. The molecule has 168 valence electrons. The second kappa shape index (κ2) is 9.71. The maximum absolute atomic E-state index is 5.66. The Morgan fingerprint density at radius 1 is 1.00 bits per heavy atom. The van der Waals surface area contributed by atoms with Crippen molar-refractivity contribution in [3.05, 3.63) is 71.3 Å². The number of furan rings is 1. The van der Waals surface area contributed by atoms with Gasteiger partial charge in [0.25, 0.3) is 0 Å². The third-order valence-electron chi connectivity index (χ3n) is 6.26. The number of benzene rings is 1. The van der Waals surface area contributed by atoms with Crippen LogP contribution in [-0.2, 0) is 30.8 Å². The van der Waals surface area contributed by atoms with Crippen LogP contribution in [0.4, 0.5) is 11.8 Å². The van der Waals surface area contributed by atoms with Crippen molar-refractivity contribution in [2.75, 3.05) is 49.2 Å². The van der Waals surface area contributed by atoms with E-state index in [0.29, 0.717) is 6.54 Å². The Balaban J connectivity index is 1.47. The lowest BCUT2D eigenvalue weighted by atomic mass is 10.0. The second-order valence-electron chi connectivity index (χ2n) is 8.41. The summed E-state index contributed by atoms with van der Waals surface area (Å²) in [5, 5.41) is 0. The van der Waals surface area contributed by atoms with Crippen LogP contribution in [0, 0.1) is 0 Å². The minimum Gasteiger partial charge on any atom is -0.467 e. The molecule has 2 aliphatic heterocycles. The molecule has 1 fully saturated rings. The summed E-state index contributed by atoms with van der Waals surface area (Å²) in [7, 11) is 0. The topological polar surface area (TPSA) is 57.9 Å². The maximum atomic E-state index is 5.66. The number of morpholine rings is 1. The van der Waals surface area contributed by atoms with Crippen molar-refractivity contribution in [1.29, 1.82) is 0 Å². The molecule has 0 amide bonds. The molecule has 0 bridgehead atoms. The van der Waals surface area contributed by atoms with Crippen molar-refractivity contribution >= 4 is 11.8 Å². The molecule has 1 aromatic carbocycles. The van der Waals surface area contributed by atoms with E-state index in [9.17, 15) is 0 Å². The molecule has 32 heavy (non-hydrogen) atoms. The zero-order valence-corrected chi connectivity index (χ0v) is 18.7. The zero-order valence-electron chi connectivity index (χ0n) is 18.7. The first-order chi connectivity index (χ1) is 15.8. The summed E-state index contributed by atoms with van der Waals surface area (Å²) in [5.74, 6) is 2.81. The summed E-state index contributed by atoms with van der Waals surface area (Å²) in [6.07, 6.45) is 2.67. The third-order valence-corrected chi connectivity index (χ3v) is 6.26. The number of rotatable bonds is 7. The van der Waals surface area contributed by atoms with Crippen LogP contribution in [0.2, 0.25) is 0 Å². The van der Waals surface area contributed by atoms with Gasteiger partial charge in [-0.05, 0) is 24.6 Å². The predicted molar refractivity (Wildman–Crippen MR) is 125 cm³/mol. The average molecular weight is 434 g/mol. The van der Waals surface area contributed by atoms with Crippen LogP contribution in [0.15, 0.2) is 53.1 Å². The van der Waals surface area contributed by atoms with E-state index in [1.165, 1.54) is 16.8 Å². The van der Waals surface area contributed by atoms with Gasteiger partial charge in [0.2, 0.25) is 5.95 Å². The molecular formula is C25H31N5O2. The van der Waals surface area contributed by atoms with E-state index in [4.69, 9.17) is 19.1 Å². The molecule has 7 nitrogen and oxygen atoms in total. The molecule has 0 unspecified atom stereocenters. The minimum atomic E-state index is 0.703. The molecule has 0 saturated carbocycles. The molecule has 2 aliphatic rings. The standard InChI is InChI=1S/C25H31N5O2/c1-2-29(18-21-9-6-14-32-21)24-22-19-28(17-20-7-4-3-5-8-20)11-10-23(22)26-25(27-24)30-12-15-31-16-13-30/h3-9,14H,2,10-13,15-19H2,1H3. The van der Waals surface area contributed by atoms with Crippen LogP contribution in [0.1, 0.15) is 29.5 Å². The van der Waals surface area contributed by atoms with Gasteiger partial charge in [0.1, 0.15) is 11.6 Å². The van der Waals surface area contributed by atoms with Gasteiger partial charge in [0.15, 0.2) is 0 Å². The van der Waals surface area contributed by atoms with E-state index in [1.54, 1.807) is 6.26 Å². The fourth-order valence-electron chi connectivity index (χ4n) is 4.51. The SMILES string of the molecule is CCN(Cc1ccco1)c1nc(N2CCOCC2)nc2c1CN(Cc1ccccc1)CC2. The molecule has 0 N–H and O–H groups in total. The molecule has 0 spiro atoms. The largest absolute Gasteiger partial charge is 0.467 e. The fourth-order valence-corrected chi connectivity index (χ4v) is 4.51. The number of fused-ring (bicyclic) bond motifs is 1. The highest BCUT2D eigenvalue weighted by molar-refractivity contribution is 5.54. The van der Waals surface area contributed by atoms with E-state index in [-0.39, 0.29) is 0 Å². The van der Waals surface area contributed by atoms with E-state index in [2.05, 4.69) is 52.0 Å². The molecule has 5 rings (SSSR count). The summed E-state index contributed by atoms with van der Waals surface area (Å²) in [6.45, 7) is 9.66. The Morgan fingerprint density at radius 3 is 2.59 bits per heavy atom. The quantitative estimate of drug-likeness (QED) is 0.565. The van der Waals surface area contributed by atoms with Crippen molar-refractivity contribution in [3.63, 3.8) is 0 Å². The lowest BCUT2D eigenvalue weighted by Crippen LogP contribution is -2.39. The Morgan fingerprint density at radius 2 is 1.84 bits per heavy atom. The van der Waals surface area contributed by atoms with E-state index < -0.39 is 0 Å². The van der Waals surface area contributed by atoms with Crippen LogP contribution in [0.3, 0.4) is 0 Å².